The van der Waals surface area contributed by atoms with Gasteiger partial charge in [-0.2, -0.15) is 12.6 Å². The lowest BCUT2D eigenvalue weighted by Gasteiger charge is -2.26. The summed E-state index contributed by atoms with van der Waals surface area (Å²) in [6, 6.07) is 8.42. The number of hydrogen-bond donors (Lipinski definition) is 2. The summed E-state index contributed by atoms with van der Waals surface area (Å²) in [5.74, 6) is 1.89. The van der Waals surface area contributed by atoms with Crippen LogP contribution < -0.4 is 10.1 Å². The molecule has 0 fully saturated rings. The van der Waals surface area contributed by atoms with Crippen molar-refractivity contribution in [3.63, 3.8) is 0 Å². The highest BCUT2D eigenvalue weighted by Gasteiger charge is 2.19. The van der Waals surface area contributed by atoms with Gasteiger partial charge in [-0.3, -0.25) is 0 Å². The molecule has 1 aromatic carbocycles. The minimum atomic E-state index is 0.140. The van der Waals surface area contributed by atoms with Crippen LogP contribution in [-0.2, 0) is 5.41 Å². The second kappa shape index (κ2) is 7.70. The summed E-state index contributed by atoms with van der Waals surface area (Å²) in [7, 11) is 0. The van der Waals surface area contributed by atoms with Crippen LogP contribution in [0.25, 0.3) is 0 Å². The highest BCUT2D eigenvalue weighted by atomic mass is 32.1. The second-order valence-corrected chi connectivity index (χ2v) is 5.54. The smallest absolute Gasteiger partial charge is 0.119 e. The molecule has 0 aromatic heterocycles. The highest BCUT2D eigenvalue weighted by molar-refractivity contribution is 7.80. The van der Waals surface area contributed by atoms with Gasteiger partial charge in [0.15, 0.2) is 0 Å². The molecule has 18 heavy (non-hydrogen) atoms. The van der Waals surface area contributed by atoms with Crippen molar-refractivity contribution >= 4 is 12.6 Å². The lowest BCUT2D eigenvalue weighted by Crippen LogP contribution is -2.33. The molecule has 0 aliphatic carbocycles. The summed E-state index contributed by atoms with van der Waals surface area (Å²) in [6.45, 7) is 9.25. The molecular formula is C15H25NOS. The average Bonchev–Trinajstić information content (AvgIpc) is 2.36. The van der Waals surface area contributed by atoms with Crippen LogP contribution in [0.15, 0.2) is 24.3 Å². The molecule has 0 spiro atoms. The van der Waals surface area contributed by atoms with Crippen LogP contribution in [0, 0.1) is 0 Å². The lowest BCUT2D eigenvalue weighted by atomic mass is 9.84. The second-order valence-electron chi connectivity index (χ2n) is 5.10. The fourth-order valence-electron chi connectivity index (χ4n) is 1.88. The molecule has 1 N–H and O–H groups in total. The molecule has 0 atom stereocenters. The standard InChI is InChI=1S/C15H25NOS/c1-4-17-14-8-6-13(7-9-14)15(2,3)12-16-10-5-11-18/h6-9,16,18H,4-5,10-12H2,1-3H3. The van der Waals surface area contributed by atoms with Gasteiger partial charge in [0.25, 0.3) is 0 Å². The predicted molar refractivity (Wildman–Crippen MR) is 82.0 cm³/mol. The minimum Gasteiger partial charge on any atom is -0.494 e. The fourth-order valence-corrected chi connectivity index (χ4v) is 2.03. The van der Waals surface area contributed by atoms with E-state index in [1.165, 1.54) is 5.56 Å². The zero-order valence-corrected chi connectivity index (χ0v) is 12.6. The van der Waals surface area contributed by atoms with E-state index in [2.05, 4.69) is 43.9 Å². The van der Waals surface area contributed by atoms with Gasteiger partial charge in [0.2, 0.25) is 0 Å². The topological polar surface area (TPSA) is 21.3 Å². The Morgan fingerprint density at radius 1 is 1.22 bits per heavy atom. The van der Waals surface area contributed by atoms with Gasteiger partial charge in [0.05, 0.1) is 6.61 Å². The maximum Gasteiger partial charge on any atom is 0.119 e. The first-order valence-corrected chi connectivity index (χ1v) is 7.28. The van der Waals surface area contributed by atoms with E-state index in [1.54, 1.807) is 0 Å². The van der Waals surface area contributed by atoms with Crippen LogP contribution in [0.2, 0.25) is 0 Å². The van der Waals surface area contributed by atoms with Gasteiger partial charge >= 0.3 is 0 Å². The summed E-state index contributed by atoms with van der Waals surface area (Å²) in [4.78, 5) is 0. The number of nitrogens with one attached hydrogen (secondary N) is 1. The van der Waals surface area contributed by atoms with Crippen molar-refractivity contribution in [2.75, 3.05) is 25.4 Å². The van der Waals surface area contributed by atoms with E-state index in [0.717, 1.165) is 31.0 Å². The summed E-state index contributed by atoms with van der Waals surface area (Å²) < 4.78 is 5.46. The van der Waals surface area contributed by atoms with Crippen molar-refractivity contribution < 1.29 is 4.74 Å². The van der Waals surface area contributed by atoms with E-state index in [-0.39, 0.29) is 5.41 Å². The van der Waals surface area contributed by atoms with Crippen LogP contribution in [0.1, 0.15) is 32.8 Å². The quantitative estimate of drug-likeness (QED) is 0.557. The molecule has 3 heteroatoms. The highest BCUT2D eigenvalue weighted by Crippen LogP contribution is 2.24. The number of benzene rings is 1. The predicted octanol–water partition coefficient (Wildman–Crippen LogP) is 3.27. The molecule has 0 aliphatic heterocycles. The van der Waals surface area contributed by atoms with E-state index < -0.39 is 0 Å². The number of hydrogen-bond acceptors (Lipinski definition) is 3. The zero-order chi connectivity index (χ0) is 13.4. The molecule has 0 amide bonds. The maximum absolute atomic E-state index is 5.46. The lowest BCUT2D eigenvalue weighted by molar-refractivity contribution is 0.340. The van der Waals surface area contributed by atoms with Crippen molar-refractivity contribution in [1.29, 1.82) is 0 Å². The van der Waals surface area contributed by atoms with Gasteiger partial charge in [0, 0.05) is 12.0 Å². The van der Waals surface area contributed by atoms with Gasteiger partial charge in [-0.1, -0.05) is 26.0 Å². The van der Waals surface area contributed by atoms with E-state index in [1.807, 2.05) is 19.1 Å². The number of thiol groups is 1. The number of rotatable bonds is 8. The average molecular weight is 267 g/mol. The first-order chi connectivity index (χ1) is 8.60. The summed E-state index contributed by atoms with van der Waals surface area (Å²) in [6.07, 6.45) is 1.11. The van der Waals surface area contributed by atoms with Gasteiger partial charge in [-0.05, 0) is 43.3 Å². The molecule has 102 valence electrons. The van der Waals surface area contributed by atoms with Gasteiger partial charge < -0.3 is 10.1 Å². The Labute approximate surface area is 117 Å². The molecular weight excluding hydrogens is 242 g/mol. The van der Waals surface area contributed by atoms with E-state index >= 15 is 0 Å². The van der Waals surface area contributed by atoms with Gasteiger partial charge in [-0.25, -0.2) is 0 Å². The van der Waals surface area contributed by atoms with E-state index in [4.69, 9.17) is 4.74 Å². The largest absolute Gasteiger partial charge is 0.494 e. The molecule has 0 aliphatic rings. The summed E-state index contributed by atoms with van der Waals surface area (Å²) >= 11 is 4.21. The third-order valence-corrected chi connectivity index (χ3v) is 3.34. The van der Waals surface area contributed by atoms with Gasteiger partial charge in [0.1, 0.15) is 5.75 Å². The first-order valence-electron chi connectivity index (χ1n) is 6.65. The molecule has 0 unspecified atom stereocenters. The van der Waals surface area contributed by atoms with Crippen LogP contribution in [-0.4, -0.2) is 25.4 Å². The Kier molecular flexibility index (Phi) is 6.58. The van der Waals surface area contributed by atoms with E-state index in [0.29, 0.717) is 6.61 Å². The van der Waals surface area contributed by atoms with Crippen molar-refractivity contribution in [2.45, 2.75) is 32.6 Å². The molecule has 0 saturated carbocycles. The molecule has 0 bridgehead atoms. The van der Waals surface area contributed by atoms with Crippen LogP contribution in [0.5, 0.6) is 5.75 Å². The summed E-state index contributed by atoms with van der Waals surface area (Å²) in [5, 5.41) is 3.48. The van der Waals surface area contributed by atoms with Crippen molar-refractivity contribution in [1.82, 2.24) is 5.32 Å². The maximum atomic E-state index is 5.46. The Bertz CT molecular complexity index is 335. The minimum absolute atomic E-state index is 0.140. The summed E-state index contributed by atoms with van der Waals surface area (Å²) in [5.41, 5.74) is 1.48. The monoisotopic (exact) mass is 267 g/mol. The Morgan fingerprint density at radius 3 is 2.44 bits per heavy atom. The Hall–Kier alpha value is -0.670. The molecule has 2 nitrogen and oxygen atoms in total. The van der Waals surface area contributed by atoms with Crippen molar-refractivity contribution in [3.8, 4) is 5.75 Å². The Morgan fingerprint density at radius 2 is 1.89 bits per heavy atom. The van der Waals surface area contributed by atoms with Crippen LogP contribution in [0.4, 0.5) is 0 Å². The molecule has 0 radical (unpaired) electrons. The fraction of sp³-hybridized carbons (Fsp3) is 0.600. The zero-order valence-electron chi connectivity index (χ0n) is 11.7. The van der Waals surface area contributed by atoms with Crippen molar-refractivity contribution in [2.24, 2.45) is 0 Å². The molecule has 0 saturated heterocycles. The molecule has 0 heterocycles. The third kappa shape index (κ3) is 4.91. The number of ether oxygens (including phenoxy) is 1. The molecule has 1 rings (SSSR count). The van der Waals surface area contributed by atoms with E-state index in [9.17, 15) is 0 Å². The normalized spacial score (nSPS) is 11.6. The van der Waals surface area contributed by atoms with Gasteiger partial charge in [-0.15, -0.1) is 0 Å². The molecule has 1 aromatic rings. The van der Waals surface area contributed by atoms with Crippen LogP contribution in [0.3, 0.4) is 0 Å². The van der Waals surface area contributed by atoms with Crippen LogP contribution >= 0.6 is 12.6 Å². The SMILES string of the molecule is CCOc1ccc(C(C)(C)CNCCCS)cc1. The third-order valence-electron chi connectivity index (χ3n) is 3.03. The van der Waals surface area contributed by atoms with Crippen molar-refractivity contribution in [3.05, 3.63) is 29.8 Å². The first kappa shape index (κ1) is 15.4. The Balaban J connectivity index is 2.54.